The van der Waals surface area contributed by atoms with Gasteiger partial charge in [-0.05, 0) is 154 Å². The van der Waals surface area contributed by atoms with Gasteiger partial charge in [0, 0.05) is 19.3 Å². The molecular weight excluding hydrogens is 997 g/mol. The molecule has 0 aromatic carbocycles. The van der Waals surface area contributed by atoms with Gasteiger partial charge in [0.15, 0.2) is 6.10 Å². The van der Waals surface area contributed by atoms with Gasteiger partial charge >= 0.3 is 17.9 Å². The van der Waals surface area contributed by atoms with Crippen LogP contribution in [-0.2, 0) is 28.6 Å². The smallest absolute Gasteiger partial charge is 0.306 e. The van der Waals surface area contributed by atoms with Crippen LogP contribution in [0.15, 0.2) is 194 Å². The van der Waals surface area contributed by atoms with E-state index in [1.807, 2.05) is 0 Å². The fourth-order valence-corrected chi connectivity index (χ4v) is 7.92. The first-order valence-corrected chi connectivity index (χ1v) is 31.9. The highest BCUT2D eigenvalue weighted by Gasteiger charge is 2.19. The minimum absolute atomic E-state index is 0.125. The Labute approximate surface area is 497 Å². The molecule has 0 fully saturated rings. The topological polar surface area (TPSA) is 78.9 Å². The van der Waals surface area contributed by atoms with Gasteiger partial charge in [0.25, 0.3) is 0 Å². The first kappa shape index (κ1) is 75.2. The lowest BCUT2D eigenvalue weighted by Gasteiger charge is -2.18. The number of allylic oxidation sites excluding steroid dienone is 32. The van der Waals surface area contributed by atoms with E-state index >= 15 is 0 Å². The maximum absolute atomic E-state index is 12.9. The average molecular weight is 1110 g/mol. The molecule has 0 N–H and O–H groups in total. The summed E-state index contributed by atoms with van der Waals surface area (Å²) >= 11 is 0. The lowest BCUT2D eigenvalue weighted by atomic mass is 10.1. The Bertz CT molecular complexity index is 1950. The van der Waals surface area contributed by atoms with Crippen LogP contribution in [0.5, 0.6) is 0 Å². The molecule has 1 atom stereocenters. The molecule has 0 aliphatic heterocycles. The monoisotopic (exact) mass is 1110 g/mol. The number of rotatable bonds is 55. The number of esters is 3. The summed E-state index contributed by atoms with van der Waals surface area (Å²) in [6.45, 7) is 6.20. The van der Waals surface area contributed by atoms with Crippen molar-refractivity contribution in [3.8, 4) is 0 Å². The highest BCUT2D eigenvalue weighted by atomic mass is 16.6. The van der Waals surface area contributed by atoms with E-state index < -0.39 is 6.10 Å². The number of carbonyl (C=O) groups is 3. The number of carbonyl (C=O) groups excluding carboxylic acids is 3. The summed E-state index contributed by atoms with van der Waals surface area (Å²) in [7, 11) is 0. The second-order valence-electron chi connectivity index (χ2n) is 20.2. The van der Waals surface area contributed by atoms with Gasteiger partial charge in [0.05, 0.1) is 0 Å². The maximum Gasteiger partial charge on any atom is 0.306 e. The lowest BCUT2D eigenvalue weighted by Crippen LogP contribution is -2.30. The Morgan fingerprint density at radius 2 is 0.457 bits per heavy atom. The van der Waals surface area contributed by atoms with Crippen LogP contribution in [-0.4, -0.2) is 37.2 Å². The third-order valence-corrected chi connectivity index (χ3v) is 12.6. The fraction of sp³-hybridized carbons (Fsp3) is 0.533. The summed E-state index contributed by atoms with van der Waals surface area (Å²) in [5, 5.41) is 0. The molecule has 81 heavy (non-hydrogen) atoms. The van der Waals surface area contributed by atoms with Gasteiger partial charge in [-0.1, -0.05) is 260 Å². The van der Waals surface area contributed by atoms with Crippen molar-refractivity contribution in [3.63, 3.8) is 0 Å². The van der Waals surface area contributed by atoms with Gasteiger partial charge in [0.2, 0.25) is 0 Å². The van der Waals surface area contributed by atoms with Crippen LogP contribution in [0, 0.1) is 0 Å². The minimum Gasteiger partial charge on any atom is -0.462 e. The summed E-state index contributed by atoms with van der Waals surface area (Å²) in [5.41, 5.74) is 0. The molecular formula is C75H114O6. The standard InChI is InChI=1S/C75H114O6/c1-4-7-10-13-16-19-22-25-27-29-31-33-34-35-36-37-38-39-40-42-43-45-47-50-53-56-59-62-65-68-74(77)80-71-72(70-79-73(76)67-64-61-58-55-52-49-24-21-18-15-12-9-6-3)81-75(78)69-66-63-60-57-54-51-48-46-44-41-32-30-28-26-23-20-17-14-11-8-5-2/h7-12,16-21,25-28,31-33,35-36,38-39,41-43,47,49-50,52,56,59,72H,4-6,13-15,22-24,29-30,34,37,40,44-46,48,51,53-55,57-58,60-71H2,1-3H3/b10-7-,11-8-,12-9-,19-16-,20-17-,21-18-,27-25-,28-26-,33-31-,36-35-,39-38-,41-32-,43-42-,50-47-,52-49-,59-56-. The quantitative estimate of drug-likeness (QED) is 0.0261. The van der Waals surface area contributed by atoms with Crippen LogP contribution in [0.2, 0.25) is 0 Å². The average Bonchev–Trinajstić information content (AvgIpc) is 3.46. The molecule has 0 rings (SSSR count). The predicted molar refractivity (Wildman–Crippen MR) is 352 cm³/mol. The van der Waals surface area contributed by atoms with Crippen LogP contribution in [0.1, 0.15) is 239 Å². The Balaban J connectivity index is 4.51. The first-order valence-electron chi connectivity index (χ1n) is 31.9. The molecule has 6 heteroatoms. The number of ether oxygens (including phenoxy) is 3. The molecule has 0 amide bonds. The lowest BCUT2D eigenvalue weighted by molar-refractivity contribution is -0.167. The fourth-order valence-electron chi connectivity index (χ4n) is 7.92. The molecule has 0 radical (unpaired) electrons. The van der Waals surface area contributed by atoms with Crippen molar-refractivity contribution in [3.05, 3.63) is 194 Å². The number of hydrogen-bond acceptors (Lipinski definition) is 6. The van der Waals surface area contributed by atoms with Gasteiger partial charge in [-0.3, -0.25) is 14.4 Å². The Morgan fingerprint density at radius 1 is 0.247 bits per heavy atom. The molecule has 6 nitrogen and oxygen atoms in total. The number of hydrogen-bond donors (Lipinski definition) is 0. The maximum atomic E-state index is 12.9. The van der Waals surface area contributed by atoms with E-state index in [1.165, 1.54) is 25.7 Å². The molecule has 0 saturated carbocycles. The second kappa shape index (κ2) is 66.8. The van der Waals surface area contributed by atoms with Gasteiger partial charge in [0.1, 0.15) is 13.2 Å². The van der Waals surface area contributed by atoms with Crippen molar-refractivity contribution < 1.29 is 28.6 Å². The summed E-state index contributed by atoms with van der Waals surface area (Å²) in [6, 6.07) is 0. The van der Waals surface area contributed by atoms with Crippen molar-refractivity contribution in [2.45, 2.75) is 245 Å². The van der Waals surface area contributed by atoms with Crippen molar-refractivity contribution in [2.24, 2.45) is 0 Å². The number of unbranched alkanes of at least 4 members (excludes halogenated alkanes) is 12. The van der Waals surface area contributed by atoms with Crippen molar-refractivity contribution >= 4 is 17.9 Å². The molecule has 0 aliphatic rings. The summed E-state index contributed by atoms with van der Waals surface area (Å²) in [6.07, 6.45) is 102. The van der Waals surface area contributed by atoms with E-state index in [0.29, 0.717) is 12.8 Å². The predicted octanol–water partition coefficient (Wildman–Crippen LogP) is 22.2. The van der Waals surface area contributed by atoms with Crippen LogP contribution >= 0.6 is 0 Å². The van der Waals surface area contributed by atoms with Crippen molar-refractivity contribution in [1.29, 1.82) is 0 Å². The van der Waals surface area contributed by atoms with Gasteiger partial charge in [-0.2, -0.15) is 0 Å². The Morgan fingerprint density at radius 3 is 0.753 bits per heavy atom. The highest BCUT2D eigenvalue weighted by Crippen LogP contribution is 2.13. The van der Waals surface area contributed by atoms with Crippen LogP contribution in [0.25, 0.3) is 0 Å². The summed E-state index contributed by atoms with van der Waals surface area (Å²) in [5.74, 6) is -1.03. The van der Waals surface area contributed by atoms with Crippen molar-refractivity contribution in [1.82, 2.24) is 0 Å². The van der Waals surface area contributed by atoms with E-state index in [-0.39, 0.29) is 44.0 Å². The minimum atomic E-state index is -0.831. The molecule has 0 saturated heterocycles. The van der Waals surface area contributed by atoms with E-state index in [1.54, 1.807) is 0 Å². The van der Waals surface area contributed by atoms with Gasteiger partial charge in [-0.15, -0.1) is 0 Å². The van der Waals surface area contributed by atoms with Gasteiger partial charge < -0.3 is 14.2 Å². The molecule has 0 heterocycles. The molecule has 450 valence electrons. The van der Waals surface area contributed by atoms with Crippen LogP contribution < -0.4 is 0 Å². The molecule has 0 aliphatic carbocycles. The van der Waals surface area contributed by atoms with Crippen LogP contribution in [0.4, 0.5) is 0 Å². The summed E-state index contributed by atoms with van der Waals surface area (Å²) in [4.78, 5) is 38.3. The summed E-state index contributed by atoms with van der Waals surface area (Å²) < 4.78 is 16.8. The molecule has 1 unspecified atom stereocenters. The third-order valence-electron chi connectivity index (χ3n) is 12.6. The van der Waals surface area contributed by atoms with E-state index in [2.05, 4.69) is 215 Å². The van der Waals surface area contributed by atoms with Crippen LogP contribution in [0.3, 0.4) is 0 Å². The Kier molecular flexibility index (Phi) is 62.0. The van der Waals surface area contributed by atoms with Gasteiger partial charge in [-0.25, -0.2) is 0 Å². The molecule has 0 spiro atoms. The van der Waals surface area contributed by atoms with E-state index in [0.717, 1.165) is 167 Å². The normalized spacial score (nSPS) is 13.5. The molecule has 0 aromatic heterocycles. The zero-order valence-electron chi connectivity index (χ0n) is 51.5. The zero-order chi connectivity index (χ0) is 58.5. The second-order valence-corrected chi connectivity index (χ2v) is 20.2. The largest absolute Gasteiger partial charge is 0.462 e. The zero-order valence-corrected chi connectivity index (χ0v) is 51.5. The Hall–Kier alpha value is -5.75. The third kappa shape index (κ3) is 64.9. The first-order chi connectivity index (χ1) is 40.0. The molecule has 0 aromatic rings. The highest BCUT2D eigenvalue weighted by molar-refractivity contribution is 5.71. The molecule has 0 bridgehead atoms. The van der Waals surface area contributed by atoms with Crippen molar-refractivity contribution in [2.75, 3.05) is 13.2 Å². The SMILES string of the molecule is CC/C=C\C/C=C\C/C=C\C/C=C\C/C=C\C/C=C\C/C=C\C/C=C\C/C=C\CCCC(=O)OCC(COC(=O)CCCCC/C=C\C/C=C\C/C=C\CC)OC(=O)CCCCCCCCCC/C=C\C/C=C\C/C=C\C/C=C\CC. The van der Waals surface area contributed by atoms with E-state index in [9.17, 15) is 14.4 Å². The van der Waals surface area contributed by atoms with E-state index in [4.69, 9.17) is 14.2 Å².